The van der Waals surface area contributed by atoms with Crippen molar-refractivity contribution in [3.63, 3.8) is 0 Å². The highest BCUT2D eigenvalue weighted by molar-refractivity contribution is 7.92. The molecule has 0 aliphatic heterocycles. The van der Waals surface area contributed by atoms with Gasteiger partial charge in [-0.05, 0) is 48.5 Å². The summed E-state index contributed by atoms with van der Waals surface area (Å²) in [5.41, 5.74) is -0.277. The number of hydrogen-bond donors (Lipinski definition) is 1. The van der Waals surface area contributed by atoms with E-state index in [-0.39, 0.29) is 17.3 Å². The first-order chi connectivity index (χ1) is 13.8. The molecule has 7 nitrogen and oxygen atoms in total. The monoisotopic (exact) mass is 443 g/mol. The fourth-order valence-corrected chi connectivity index (χ4v) is 3.36. The third-order valence-electron chi connectivity index (χ3n) is 3.99. The van der Waals surface area contributed by atoms with Crippen LogP contribution < -0.4 is 9.62 Å². The largest absolute Gasteiger partial charge is 0.416 e. The number of carbonyl (C=O) groups excluding carboxylic acids is 2. The van der Waals surface area contributed by atoms with Gasteiger partial charge in [-0.2, -0.15) is 13.2 Å². The third-order valence-corrected chi connectivity index (χ3v) is 5.13. The summed E-state index contributed by atoms with van der Waals surface area (Å²) in [6.45, 7) is -0.596. The number of rotatable bonds is 6. The van der Waals surface area contributed by atoms with Gasteiger partial charge in [0.15, 0.2) is 0 Å². The lowest BCUT2D eigenvalue weighted by Crippen LogP contribution is -2.37. The smallest absolute Gasteiger partial charge is 0.345 e. The zero-order valence-electron chi connectivity index (χ0n) is 16.4. The van der Waals surface area contributed by atoms with Crippen molar-refractivity contribution in [2.45, 2.75) is 6.18 Å². The van der Waals surface area contributed by atoms with Crippen molar-refractivity contribution >= 4 is 33.2 Å². The van der Waals surface area contributed by atoms with Gasteiger partial charge in [-0.25, -0.2) is 8.42 Å². The first-order valence-electron chi connectivity index (χ1n) is 8.55. The Hall–Kier alpha value is -3.08. The summed E-state index contributed by atoms with van der Waals surface area (Å²) < 4.78 is 63.0. The van der Waals surface area contributed by atoms with Crippen LogP contribution in [0.3, 0.4) is 0 Å². The molecule has 30 heavy (non-hydrogen) atoms. The van der Waals surface area contributed by atoms with Crippen molar-refractivity contribution in [1.82, 2.24) is 4.90 Å². The summed E-state index contributed by atoms with van der Waals surface area (Å²) in [7, 11) is -0.704. The molecule has 162 valence electrons. The van der Waals surface area contributed by atoms with Gasteiger partial charge in [0.25, 0.3) is 5.91 Å². The van der Waals surface area contributed by atoms with Gasteiger partial charge < -0.3 is 10.2 Å². The minimum absolute atomic E-state index is 0.0911. The van der Waals surface area contributed by atoms with Crippen LogP contribution in [0.25, 0.3) is 0 Å². The van der Waals surface area contributed by atoms with E-state index in [4.69, 9.17) is 0 Å². The van der Waals surface area contributed by atoms with Crippen molar-refractivity contribution < 1.29 is 31.2 Å². The average Bonchev–Trinajstić information content (AvgIpc) is 2.64. The van der Waals surface area contributed by atoms with E-state index in [1.165, 1.54) is 29.2 Å². The van der Waals surface area contributed by atoms with Crippen molar-refractivity contribution in [2.24, 2.45) is 0 Å². The van der Waals surface area contributed by atoms with Crippen LogP contribution in [0.15, 0.2) is 48.5 Å². The topological polar surface area (TPSA) is 86.8 Å². The highest BCUT2D eigenvalue weighted by atomic mass is 32.2. The maximum Gasteiger partial charge on any atom is 0.416 e. The Balaban J connectivity index is 2.17. The zero-order valence-corrected chi connectivity index (χ0v) is 17.2. The molecule has 2 aromatic carbocycles. The summed E-state index contributed by atoms with van der Waals surface area (Å²) in [5, 5.41) is 2.36. The summed E-state index contributed by atoms with van der Waals surface area (Å²) in [6, 6.07) is 9.43. The van der Waals surface area contributed by atoms with Crippen molar-refractivity contribution in [3.8, 4) is 0 Å². The predicted octanol–water partition coefficient (Wildman–Crippen LogP) is 2.81. The van der Waals surface area contributed by atoms with Crippen LogP contribution in [0.2, 0.25) is 0 Å². The number of nitrogens with one attached hydrogen (secondary N) is 1. The molecule has 0 fully saturated rings. The van der Waals surface area contributed by atoms with Crippen LogP contribution in [-0.4, -0.2) is 52.0 Å². The molecule has 0 aliphatic carbocycles. The third kappa shape index (κ3) is 5.96. The van der Waals surface area contributed by atoms with E-state index in [1.54, 1.807) is 14.1 Å². The molecule has 0 saturated heterocycles. The Bertz CT molecular complexity index is 1020. The van der Waals surface area contributed by atoms with Gasteiger partial charge in [0, 0.05) is 25.3 Å². The van der Waals surface area contributed by atoms with E-state index >= 15 is 0 Å². The minimum Gasteiger partial charge on any atom is -0.345 e. The van der Waals surface area contributed by atoms with E-state index in [2.05, 4.69) is 5.32 Å². The first kappa shape index (κ1) is 23.2. The standard InChI is InChI=1S/C19H20F3N3O4S/c1-24(2)18(27)13-4-10-16(11-5-13)25(30(3,28)29)12-17(26)23-15-8-6-14(7-9-15)19(20,21)22/h4-11H,12H2,1-3H3,(H,23,26). The molecule has 0 bridgehead atoms. The van der Waals surface area contributed by atoms with Gasteiger partial charge in [0.1, 0.15) is 6.54 Å². The molecule has 0 aromatic heterocycles. The highest BCUT2D eigenvalue weighted by Gasteiger charge is 2.30. The molecular weight excluding hydrogens is 423 g/mol. The van der Waals surface area contributed by atoms with Gasteiger partial charge >= 0.3 is 6.18 Å². The second-order valence-corrected chi connectivity index (χ2v) is 8.55. The summed E-state index contributed by atoms with van der Waals surface area (Å²) >= 11 is 0. The van der Waals surface area contributed by atoms with E-state index < -0.39 is 34.2 Å². The molecular formula is C19H20F3N3O4S. The van der Waals surface area contributed by atoms with Crippen molar-refractivity contribution in [2.75, 3.05) is 36.5 Å². The molecule has 0 radical (unpaired) electrons. The Morgan fingerprint density at radius 2 is 1.50 bits per heavy atom. The molecule has 0 spiro atoms. The summed E-state index contributed by atoms with van der Waals surface area (Å²) in [6.07, 6.45) is -3.59. The van der Waals surface area contributed by atoms with Gasteiger partial charge in [0.05, 0.1) is 17.5 Å². The molecule has 0 saturated carbocycles. The molecule has 0 aliphatic rings. The van der Waals surface area contributed by atoms with Crippen molar-refractivity contribution in [1.29, 1.82) is 0 Å². The number of amides is 2. The number of nitrogens with zero attached hydrogens (tertiary/aromatic N) is 2. The first-order valence-corrected chi connectivity index (χ1v) is 10.4. The molecule has 11 heteroatoms. The number of benzene rings is 2. The lowest BCUT2D eigenvalue weighted by Gasteiger charge is -2.22. The minimum atomic E-state index is -4.50. The van der Waals surface area contributed by atoms with Gasteiger partial charge in [-0.3, -0.25) is 13.9 Å². The number of hydrogen-bond acceptors (Lipinski definition) is 4. The Labute approximate surface area is 172 Å². The fraction of sp³-hybridized carbons (Fsp3) is 0.263. The van der Waals surface area contributed by atoms with E-state index in [9.17, 15) is 31.2 Å². The van der Waals surface area contributed by atoms with E-state index in [1.807, 2.05) is 0 Å². The molecule has 2 amide bonds. The lowest BCUT2D eigenvalue weighted by atomic mass is 10.2. The number of halogens is 3. The van der Waals surface area contributed by atoms with Crippen molar-refractivity contribution in [3.05, 3.63) is 59.7 Å². The summed E-state index contributed by atoms with van der Waals surface area (Å²) in [5.74, 6) is -1.01. The van der Waals surface area contributed by atoms with E-state index in [0.717, 1.165) is 34.8 Å². The molecule has 0 heterocycles. The van der Waals surface area contributed by atoms with Gasteiger partial charge in [-0.1, -0.05) is 0 Å². The lowest BCUT2D eigenvalue weighted by molar-refractivity contribution is -0.137. The Morgan fingerprint density at radius 3 is 1.93 bits per heavy atom. The van der Waals surface area contributed by atoms with Gasteiger partial charge in [-0.15, -0.1) is 0 Å². The molecule has 2 aromatic rings. The quantitative estimate of drug-likeness (QED) is 0.744. The number of alkyl halides is 3. The summed E-state index contributed by atoms with van der Waals surface area (Å²) in [4.78, 5) is 25.6. The van der Waals surface area contributed by atoms with Gasteiger partial charge in [0.2, 0.25) is 15.9 Å². The fourth-order valence-electron chi connectivity index (χ4n) is 2.50. The zero-order chi connectivity index (χ0) is 22.7. The molecule has 2 rings (SSSR count). The Kier molecular flexibility index (Phi) is 6.76. The van der Waals surface area contributed by atoms with Crippen LogP contribution in [0.4, 0.5) is 24.5 Å². The number of carbonyl (C=O) groups is 2. The predicted molar refractivity (Wildman–Crippen MR) is 107 cm³/mol. The maximum absolute atomic E-state index is 12.6. The number of anilines is 2. The number of sulfonamides is 1. The normalized spacial score (nSPS) is 11.7. The molecule has 0 unspecified atom stereocenters. The van der Waals surface area contributed by atoms with E-state index in [0.29, 0.717) is 5.56 Å². The van der Waals surface area contributed by atoms with Crippen LogP contribution in [0, 0.1) is 0 Å². The second-order valence-electron chi connectivity index (χ2n) is 6.64. The van der Waals surface area contributed by atoms with Crippen LogP contribution >= 0.6 is 0 Å². The van der Waals surface area contributed by atoms with Crippen LogP contribution in [0.5, 0.6) is 0 Å². The maximum atomic E-state index is 12.6. The molecule has 0 atom stereocenters. The Morgan fingerprint density at radius 1 is 0.967 bits per heavy atom. The van der Waals surface area contributed by atoms with Crippen LogP contribution in [-0.2, 0) is 21.0 Å². The van der Waals surface area contributed by atoms with Crippen LogP contribution in [0.1, 0.15) is 15.9 Å². The second kappa shape index (κ2) is 8.74. The highest BCUT2D eigenvalue weighted by Crippen LogP contribution is 2.29. The average molecular weight is 443 g/mol. The molecule has 1 N–H and O–H groups in total. The SMILES string of the molecule is CN(C)C(=O)c1ccc(N(CC(=O)Nc2ccc(C(F)(F)F)cc2)S(C)(=O)=O)cc1.